The molecule has 0 saturated heterocycles. The zero-order valence-corrected chi connectivity index (χ0v) is 37.2. The van der Waals surface area contributed by atoms with Crippen LogP contribution in [-0.4, -0.2) is 19.3 Å². The average Bonchev–Trinajstić information content (AvgIpc) is 3.65. The van der Waals surface area contributed by atoms with Crippen molar-refractivity contribution in [1.82, 2.24) is 19.3 Å². The van der Waals surface area contributed by atoms with Crippen LogP contribution in [0.5, 0.6) is 11.5 Å². The molecule has 0 radical (unpaired) electrons. The van der Waals surface area contributed by atoms with E-state index in [1.165, 1.54) is 33.4 Å². The molecule has 0 fully saturated rings. The third-order valence-corrected chi connectivity index (χ3v) is 11.1. The number of rotatable bonds is 12. The van der Waals surface area contributed by atoms with E-state index in [1.54, 1.807) is 0 Å². The number of aryl methyl sites for hydroxylation is 2. The van der Waals surface area contributed by atoms with E-state index >= 15 is 0 Å². The van der Waals surface area contributed by atoms with Crippen LogP contribution in [0.25, 0.3) is 44.4 Å². The first-order valence-electron chi connectivity index (χ1n) is 20.3. The summed E-state index contributed by atoms with van der Waals surface area (Å²) in [5.74, 6) is 3.64. The largest absolute Gasteiger partial charge is 2.00 e. The number of unbranched alkanes of at least 4 members (excludes halogenated alkanes) is 1. The van der Waals surface area contributed by atoms with Crippen molar-refractivity contribution in [1.29, 1.82) is 0 Å². The van der Waals surface area contributed by atoms with Crippen LogP contribution in [0.15, 0.2) is 79.0 Å². The second kappa shape index (κ2) is 16.9. The van der Waals surface area contributed by atoms with Crippen LogP contribution >= 0.6 is 0 Å². The second-order valence-electron chi connectivity index (χ2n) is 16.5. The van der Waals surface area contributed by atoms with Gasteiger partial charge in [0.1, 0.15) is 5.82 Å². The van der Waals surface area contributed by atoms with Crippen molar-refractivity contribution >= 4 is 21.8 Å². The van der Waals surface area contributed by atoms with E-state index in [2.05, 4.69) is 164 Å². The normalized spacial score (nSPS) is 11.8. The fourth-order valence-corrected chi connectivity index (χ4v) is 7.94. The number of hydrogen-bond donors (Lipinski definition) is 0. The average molecular weight is 924 g/mol. The number of ether oxygens (including phenoxy) is 1. The Morgan fingerprint density at radius 3 is 2.04 bits per heavy atom. The molecule has 292 valence electrons. The van der Waals surface area contributed by atoms with Crippen molar-refractivity contribution in [2.24, 2.45) is 0 Å². The molecular formula is C50H56N4OPt. The van der Waals surface area contributed by atoms with Crippen LogP contribution in [0.1, 0.15) is 138 Å². The Labute approximate surface area is 348 Å². The van der Waals surface area contributed by atoms with Gasteiger partial charge in [0.25, 0.3) is 0 Å². The Kier molecular flexibility index (Phi) is 12.5. The van der Waals surface area contributed by atoms with Gasteiger partial charge in [-0.05, 0) is 107 Å². The summed E-state index contributed by atoms with van der Waals surface area (Å²) in [7, 11) is 0. The van der Waals surface area contributed by atoms with E-state index in [0.717, 1.165) is 69.5 Å². The van der Waals surface area contributed by atoms with Gasteiger partial charge in [-0.3, -0.25) is 4.68 Å². The van der Waals surface area contributed by atoms with Gasteiger partial charge in [0.2, 0.25) is 0 Å². The molecule has 0 amide bonds. The van der Waals surface area contributed by atoms with Gasteiger partial charge in [0, 0.05) is 34.5 Å². The molecule has 0 aliphatic heterocycles. The maximum absolute atomic E-state index is 6.72. The number of aromatic nitrogens is 4. The molecule has 0 aliphatic rings. The molecule has 0 bridgehead atoms. The molecular weight excluding hydrogens is 868 g/mol. The first kappa shape index (κ1) is 41.2. The predicted octanol–water partition coefficient (Wildman–Crippen LogP) is 13.9. The first-order valence-corrected chi connectivity index (χ1v) is 20.3. The molecule has 0 atom stereocenters. The van der Waals surface area contributed by atoms with Crippen LogP contribution in [-0.2, 0) is 27.5 Å². The van der Waals surface area contributed by atoms with Gasteiger partial charge in [0.05, 0.1) is 5.69 Å². The maximum Gasteiger partial charge on any atom is 2.00 e. The minimum absolute atomic E-state index is 0. The fraction of sp³-hybridized carbons (Fsp3) is 0.360. The SMILES string of the molecule is CCCCc1ccnc(-n2c3[c-]c(Oc4[c-]c(-n5nc(C)c(-c6c(C(C)C)cc(C(C)C)cc6C(C)C)c5C)cc(C(C)C)c4)ccc3c3ccccc32)c1.[Pt+2]. The van der Waals surface area contributed by atoms with Crippen LogP contribution in [0.3, 0.4) is 0 Å². The molecule has 0 unspecified atom stereocenters. The molecule has 0 N–H and O–H groups in total. The van der Waals surface area contributed by atoms with Crippen LogP contribution in [0.4, 0.5) is 0 Å². The van der Waals surface area contributed by atoms with Crippen LogP contribution in [0.2, 0.25) is 0 Å². The van der Waals surface area contributed by atoms with Crippen LogP contribution < -0.4 is 4.74 Å². The quantitative estimate of drug-likeness (QED) is 0.115. The summed E-state index contributed by atoms with van der Waals surface area (Å²) < 4.78 is 11.0. The molecule has 56 heavy (non-hydrogen) atoms. The van der Waals surface area contributed by atoms with E-state index in [9.17, 15) is 0 Å². The minimum Gasteiger partial charge on any atom is -0.509 e. The Morgan fingerprint density at radius 1 is 0.696 bits per heavy atom. The Hall–Kier alpha value is -4.47. The van der Waals surface area contributed by atoms with Gasteiger partial charge in [-0.1, -0.05) is 105 Å². The van der Waals surface area contributed by atoms with Crippen molar-refractivity contribution in [3.8, 4) is 34.1 Å². The molecule has 3 aromatic heterocycles. The van der Waals surface area contributed by atoms with Crippen molar-refractivity contribution in [2.45, 2.75) is 119 Å². The summed E-state index contributed by atoms with van der Waals surface area (Å²) in [6.45, 7) is 24.8. The summed E-state index contributed by atoms with van der Waals surface area (Å²) in [5.41, 5.74) is 14.2. The summed E-state index contributed by atoms with van der Waals surface area (Å²) >= 11 is 0. The number of pyridine rings is 1. The smallest absolute Gasteiger partial charge is 0.509 e. The van der Waals surface area contributed by atoms with Crippen molar-refractivity contribution in [3.05, 3.63) is 130 Å². The topological polar surface area (TPSA) is 44.9 Å². The number of para-hydroxylation sites is 1. The van der Waals surface area contributed by atoms with Crippen LogP contribution in [0, 0.1) is 26.0 Å². The number of hydrogen-bond acceptors (Lipinski definition) is 3. The van der Waals surface area contributed by atoms with Gasteiger partial charge in [-0.15, -0.1) is 41.3 Å². The first-order chi connectivity index (χ1) is 26.4. The fourth-order valence-electron chi connectivity index (χ4n) is 7.94. The molecule has 0 spiro atoms. The molecule has 7 rings (SSSR count). The van der Waals surface area contributed by atoms with Gasteiger partial charge in [0.15, 0.2) is 0 Å². The monoisotopic (exact) mass is 923 g/mol. The number of nitrogens with zero attached hydrogens (tertiary/aromatic N) is 4. The summed E-state index contributed by atoms with van der Waals surface area (Å²) in [6.07, 6.45) is 5.26. The van der Waals surface area contributed by atoms with E-state index < -0.39 is 0 Å². The van der Waals surface area contributed by atoms with Gasteiger partial charge < -0.3 is 9.30 Å². The number of fused-ring (bicyclic) bond motifs is 3. The predicted molar refractivity (Wildman–Crippen MR) is 230 cm³/mol. The Balaban J connectivity index is 0.00000532. The van der Waals surface area contributed by atoms with Crippen molar-refractivity contribution in [3.63, 3.8) is 0 Å². The minimum atomic E-state index is 0. The molecule has 0 saturated carbocycles. The third-order valence-electron chi connectivity index (χ3n) is 11.1. The molecule has 7 aromatic rings. The maximum atomic E-state index is 6.72. The molecule has 3 heterocycles. The van der Waals surface area contributed by atoms with Gasteiger partial charge in [-0.25, -0.2) is 4.98 Å². The van der Waals surface area contributed by atoms with E-state index in [4.69, 9.17) is 14.8 Å². The van der Waals surface area contributed by atoms with Crippen molar-refractivity contribution < 1.29 is 25.8 Å². The molecule has 5 nitrogen and oxygen atoms in total. The van der Waals surface area contributed by atoms with Gasteiger partial charge >= 0.3 is 21.1 Å². The summed E-state index contributed by atoms with van der Waals surface area (Å²) in [6, 6.07) is 33.4. The third kappa shape index (κ3) is 7.90. The number of benzene rings is 4. The Bertz CT molecular complexity index is 2470. The molecule has 4 aromatic carbocycles. The molecule has 0 aliphatic carbocycles. The van der Waals surface area contributed by atoms with Crippen molar-refractivity contribution in [2.75, 3.05) is 0 Å². The van der Waals surface area contributed by atoms with E-state index in [0.29, 0.717) is 29.3 Å². The summed E-state index contributed by atoms with van der Waals surface area (Å²) in [4.78, 5) is 4.85. The summed E-state index contributed by atoms with van der Waals surface area (Å²) in [5, 5.41) is 7.49. The van der Waals surface area contributed by atoms with E-state index in [-0.39, 0.29) is 27.0 Å². The zero-order valence-electron chi connectivity index (χ0n) is 34.9. The second-order valence-corrected chi connectivity index (χ2v) is 16.5. The Morgan fingerprint density at radius 2 is 1.38 bits per heavy atom. The standard InChI is InChI=1S/C50H56N4O.Pt/c1-12-13-16-36-21-22-51-48(23-36)53-46-18-15-14-17-42(46)43-20-19-40(29-47(43)53)55-41-25-37(30(2)3)24-39(28-41)54-35(11)49(34(10)52-54)50-44(32(6)7)26-38(31(4)5)27-45(50)33(8)9;/h14-15,17-27,30-33H,12-13,16H2,1-11H3;/q-2;+2. The van der Waals surface area contributed by atoms with E-state index in [1.807, 2.05) is 12.3 Å². The molecule has 6 heteroatoms. The van der Waals surface area contributed by atoms with Gasteiger partial charge in [-0.2, -0.15) is 11.2 Å². The zero-order chi connectivity index (χ0) is 39.1.